The Bertz CT molecular complexity index is 321. The number of benzene rings is 1. The third-order valence-corrected chi connectivity index (χ3v) is 1.67. The Balaban J connectivity index is 2.87. The molecule has 5 heteroatoms. The van der Waals surface area contributed by atoms with Crippen molar-refractivity contribution in [3.8, 4) is 5.75 Å². The molecule has 0 aliphatic carbocycles. The highest BCUT2D eigenvalue weighted by molar-refractivity contribution is 5.35. The summed E-state index contributed by atoms with van der Waals surface area (Å²) in [6, 6.07) is 4.91. The molecule has 0 aromatic heterocycles. The molecule has 0 bridgehead atoms. The number of hydrogen-bond acceptors (Lipinski definition) is 2. The van der Waals surface area contributed by atoms with Crippen LogP contribution in [0.2, 0.25) is 0 Å². The van der Waals surface area contributed by atoms with Gasteiger partial charge >= 0.3 is 6.18 Å². The van der Waals surface area contributed by atoms with E-state index in [4.69, 9.17) is 9.84 Å². The highest BCUT2D eigenvalue weighted by atomic mass is 19.4. The van der Waals surface area contributed by atoms with Crippen LogP contribution in [0.15, 0.2) is 24.3 Å². The van der Waals surface area contributed by atoms with Crippen molar-refractivity contribution in [1.82, 2.24) is 0 Å². The van der Waals surface area contributed by atoms with Gasteiger partial charge in [-0.3, -0.25) is 0 Å². The molecule has 0 spiro atoms. The van der Waals surface area contributed by atoms with Gasteiger partial charge in [-0.05, 0) is 19.1 Å². The topological polar surface area (TPSA) is 29.5 Å². The molecule has 0 saturated heterocycles. The van der Waals surface area contributed by atoms with Crippen LogP contribution in [0.4, 0.5) is 13.2 Å². The second-order valence-electron chi connectivity index (χ2n) is 3.15. The van der Waals surface area contributed by atoms with E-state index in [0.29, 0.717) is 0 Å². The van der Waals surface area contributed by atoms with Crippen molar-refractivity contribution in [3.05, 3.63) is 29.8 Å². The summed E-state index contributed by atoms with van der Waals surface area (Å²) in [5.41, 5.74) is -0.828. The van der Waals surface area contributed by atoms with Gasteiger partial charge in [0.25, 0.3) is 0 Å². The largest absolute Gasteiger partial charge is 0.490 e. The van der Waals surface area contributed by atoms with Crippen LogP contribution in [0.5, 0.6) is 5.75 Å². The second kappa shape index (κ2) is 4.53. The first-order chi connectivity index (χ1) is 6.91. The Morgan fingerprint density at radius 1 is 1.33 bits per heavy atom. The minimum absolute atomic E-state index is 0.160. The summed E-state index contributed by atoms with van der Waals surface area (Å²) in [4.78, 5) is 0. The molecular formula is C10H11F3O2. The van der Waals surface area contributed by atoms with E-state index < -0.39 is 17.8 Å². The molecule has 1 aromatic carbocycles. The van der Waals surface area contributed by atoms with Crippen molar-refractivity contribution in [2.75, 3.05) is 6.61 Å². The predicted octanol–water partition coefficient (Wildman–Crippen LogP) is 2.47. The highest BCUT2D eigenvalue weighted by Gasteiger charge is 2.33. The zero-order chi connectivity index (χ0) is 11.5. The normalized spacial score (nSPS) is 13.7. The van der Waals surface area contributed by atoms with Gasteiger partial charge in [-0.1, -0.05) is 12.1 Å². The SMILES string of the molecule is CC(O)COc1ccccc1C(F)(F)F. The van der Waals surface area contributed by atoms with Crippen molar-refractivity contribution in [1.29, 1.82) is 0 Å². The van der Waals surface area contributed by atoms with Gasteiger partial charge < -0.3 is 9.84 Å². The molecule has 0 aliphatic heterocycles. The van der Waals surface area contributed by atoms with E-state index in [-0.39, 0.29) is 12.4 Å². The molecule has 2 nitrogen and oxygen atoms in total. The number of ether oxygens (including phenoxy) is 1. The molecular weight excluding hydrogens is 209 g/mol. The molecule has 1 atom stereocenters. The van der Waals surface area contributed by atoms with Crippen LogP contribution in [0, 0.1) is 0 Å². The van der Waals surface area contributed by atoms with Crippen LogP contribution >= 0.6 is 0 Å². The number of aliphatic hydroxyl groups excluding tert-OH is 1. The van der Waals surface area contributed by atoms with Crippen molar-refractivity contribution in [3.63, 3.8) is 0 Å². The highest BCUT2D eigenvalue weighted by Crippen LogP contribution is 2.35. The lowest BCUT2D eigenvalue weighted by atomic mass is 10.2. The lowest BCUT2D eigenvalue weighted by Crippen LogP contribution is -2.15. The molecule has 0 amide bonds. The van der Waals surface area contributed by atoms with Crippen LogP contribution in [0.1, 0.15) is 12.5 Å². The molecule has 0 fully saturated rings. The Kier molecular flexibility index (Phi) is 3.57. The zero-order valence-electron chi connectivity index (χ0n) is 8.08. The van der Waals surface area contributed by atoms with E-state index >= 15 is 0 Å². The summed E-state index contributed by atoms with van der Waals surface area (Å²) in [5.74, 6) is -0.258. The summed E-state index contributed by atoms with van der Waals surface area (Å²) in [7, 11) is 0. The first-order valence-corrected chi connectivity index (χ1v) is 4.38. The number of halogens is 3. The van der Waals surface area contributed by atoms with Gasteiger partial charge in [-0.25, -0.2) is 0 Å². The summed E-state index contributed by atoms with van der Waals surface area (Å²) in [6.07, 6.45) is -5.23. The number of alkyl halides is 3. The molecule has 84 valence electrons. The van der Waals surface area contributed by atoms with Crippen molar-refractivity contribution in [2.45, 2.75) is 19.2 Å². The first kappa shape index (κ1) is 11.8. The van der Waals surface area contributed by atoms with E-state index in [1.54, 1.807) is 0 Å². The van der Waals surface area contributed by atoms with Crippen LogP contribution in [0.3, 0.4) is 0 Å². The number of rotatable bonds is 3. The number of aliphatic hydroxyl groups is 1. The van der Waals surface area contributed by atoms with Crippen LogP contribution in [-0.4, -0.2) is 17.8 Å². The quantitative estimate of drug-likeness (QED) is 0.847. The number of hydrogen-bond donors (Lipinski definition) is 1. The minimum atomic E-state index is -4.44. The van der Waals surface area contributed by atoms with Crippen LogP contribution < -0.4 is 4.74 Å². The lowest BCUT2D eigenvalue weighted by molar-refractivity contribution is -0.139. The third-order valence-electron chi connectivity index (χ3n) is 1.67. The Hall–Kier alpha value is -1.23. The van der Waals surface area contributed by atoms with E-state index in [1.807, 2.05) is 0 Å². The monoisotopic (exact) mass is 220 g/mol. The first-order valence-electron chi connectivity index (χ1n) is 4.38. The molecule has 1 rings (SSSR count). The summed E-state index contributed by atoms with van der Waals surface area (Å²) < 4.78 is 42.1. The standard InChI is InChI=1S/C10H11F3O2/c1-7(14)6-15-9-5-3-2-4-8(9)10(11,12)13/h2-5,7,14H,6H2,1H3. The van der Waals surface area contributed by atoms with Crippen molar-refractivity contribution >= 4 is 0 Å². The molecule has 0 saturated carbocycles. The summed E-state index contributed by atoms with van der Waals surface area (Å²) >= 11 is 0. The summed E-state index contributed by atoms with van der Waals surface area (Å²) in [5, 5.41) is 8.90. The average molecular weight is 220 g/mol. The van der Waals surface area contributed by atoms with Crippen molar-refractivity contribution < 1.29 is 23.0 Å². The molecule has 1 unspecified atom stereocenters. The zero-order valence-corrected chi connectivity index (χ0v) is 8.08. The van der Waals surface area contributed by atoms with E-state index in [1.165, 1.54) is 25.1 Å². The van der Waals surface area contributed by atoms with Gasteiger partial charge in [0.05, 0.1) is 11.7 Å². The van der Waals surface area contributed by atoms with E-state index in [9.17, 15) is 13.2 Å². The maximum absolute atomic E-state index is 12.4. The fourth-order valence-corrected chi connectivity index (χ4v) is 1.04. The van der Waals surface area contributed by atoms with Gasteiger partial charge in [0.1, 0.15) is 12.4 Å². The van der Waals surface area contributed by atoms with Crippen LogP contribution in [-0.2, 0) is 6.18 Å². The molecule has 1 aromatic rings. The molecule has 0 radical (unpaired) electrons. The summed E-state index contributed by atoms with van der Waals surface area (Å²) in [6.45, 7) is 1.28. The van der Waals surface area contributed by atoms with Gasteiger partial charge in [-0.15, -0.1) is 0 Å². The maximum atomic E-state index is 12.4. The Labute approximate surface area is 85.3 Å². The van der Waals surface area contributed by atoms with E-state index in [0.717, 1.165) is 6.07 Å². The van der Waals surface area contributed by atoms with Gasteiger partial charge in [0, 0.05) is 0 Å². The minimum Gasteiger partial charge on any atom is -0.490 e. The van der Waals surface area contributed by atoms with E-state index in [2.05, 4.69) is 0 Å². The molecule has 15 heavy (non-hydrogen) atoms. The Morgan fingerprint density at radius 3 is 2.47 bits per heavy atom. The van der Waals surface area contributed by atoms with Crippen LogP contribution in [0.25, 0.3) is 0 Å². The van der Waals surface area contributed by atoms with Gasteiger partial charge in [0.2, 0.25) is 0 Å². The molecule has 0 heterocycles. The second-order valence-corrected chi connectivity index (χ2v) is 3.15. The van der Waals surface area contributed by atoms with Crippen molar-refractivity contribution in [2.24, 2.45) is 0 Å². The number of para-hydroxylation sites is 1. The Morgan fingerprint density at radius 2 is 1.93 bits per heavy atom. The smallest absolute Gasteiger partial charge is 0.419 e. The predicted molar refractivity (Wildman–Crippen MR) is 48.6 cm³/mol. The third kappa shape index (κ3) is 3.43. The average Bonchev–Trinajstić information content (AvgIpc) is 2.13. The van der Waals surface area contributed by atoms with Gasteiger partial charge in [0.15, 0.2) is 0 Å². The molecule has 0 aliphatic rings. The van der Waals surface area contributed by atoms with Gasteiger partial charge in [-0.2, -0.15) is 13.2 Å². The lowest BCUT2D eigenvalue weighted by Gasteiger charge is -2.14. The fraction of sp³-hybridized carbons (Fsp3) is 0.400. The fourth-order valence-electron chi connectivity index (χ4n) is 1.04. The maximum Gasteiger partial charge on any atom is 0.419 e. The molecule has 1 N–H and O–H groups in total.